The minimum atomic E-state index is 1.07. The molecule has 0 bridgehead atoms. The number of nitrogens with one attached hydrogen (secondary N) is 2. The van der Waals surface area contributed by atoms with Crippen LogP contribution < -0.4 is 10.6 Å². The molecule has 0 rings (SSSR count). The average Bonchev–Trinajstić information content (AvgIpc) is 2.10. The predicted octanol–water partition coefficient (Wildman–Crippen LogP) is 1.58. The Morgan fingerprint density at radius 2 is 1.67 bits per heavy atom. The summed E-state index contributed by atoms with van der Waals surface area (Å²) in [4.78, 5) is 0. The number of likely N-dealkylation sites (N-methyl/N-ethyl adjacent to an activating group) is 1. The quantitative estimate of drug-likeness (QED) is 0.515. The molecular weight excluding hydrogens is 148 g/mol. The highest BCUT2D eigenvalue weighted by atomic mass is 14.9. The van der Waals surface area contributed by atoms with E-state index in [1.54, 1.807) is 0 Å². The molecule has 0 spiro atoms. The third-order valence-electron chi connectivity index (χ3n) is 1.83. The third-order valence-corrected chi connectivity index (χ3v) is 1.83. The second kappa shape index (κ2) is 10.9. The van der Waals surface area contributed by atoms with Gasteiger partial charge in [0.1, 0.15) is 0 Å². The summed E-state index contributed by atoms with van der Waals surface area (Å²) < 4.78 is 0. The lowest BCUT2D eigenvalue weighted by molar-refractivity contribution is 0.583. The monoisotopic (exact) mass is 171 g/mol. The summed E-state index contributed by atoms with van der Waals surface area (Å²) in [7, 11) is 0. The standard InChI is InChI=1S/C10H23N2/c1-3-5-6-7-8-12-10-9-11-4-2/h11-12H,1,3-10H2,2H3. The van der Waals surface area contributed by atoms with E-state index >= 15 is 0 Å². The summed E-state index contributed by atoms with van der Waals surface area (Å²) in [6, 6.07) is 0. The van der Waals surface area contributed by atoms with Crippen molar-refractivity contribution in [1.82, 2.24) is 10.6 Å². The SMILES string of the molecule is [CH2]CCCCCNCCNCC. The van der Waals surface area contributed by atoms with E-state index in [1.807, 2.05) is 0 Å². The molecular formula is C10H23N2. The number of hydrogen-bond acceptors (Lipinski definition) is 2. The predicted molar refractivity (Wildman–Crippen MR) is 55.2 cm³/mol. The molecule has 0 aromatic heterocycles. The molecule has 73 valence electrons. The van der Waals surface area contributed by atoms with Crippen LogP contribution in [-0.2, 0) is 0 Å². The van der Waals surface area contributed by atoms with Gasteiger partial charge in [0.05, 0.1) is 0 Å². The lowest BCUT2D eigenvalue weighted by Crippen LogP contribution is -2.27. The molecule has 0 unspecified atom stereocenters. The van der Waals surface area contributed by atoms with Gasteiger partial charge in [-0.05, 0) is 19.5 Å². The van der Waals surface area contributed by atoms with Gasteiger partial charge in [-0.1, -0.05) is 33.1 Å². The first kappa shape index (κ1) is 11.9. The van der Waals surface area contributed by atoms with Crippen LogP contribution in [0.25, 0.3) is 0 Å². The Balaban J connectivity index is 2.73. The lowest BCUT2D eigenvalue weighted by atomic mass is 10.2. The molecule has 1 radical (unpaired) electrons. The molecule has 12 heavy (non-hydrogen) atoms. The van der Waals surface area contributed by atoms with Crippen LogP contribution in [0.5, 0.6) is 0 Å². The van der Waals surface area contributed by atoms with Gasteiger partial charge in [0.25, 0.3) is 0 Å². The minimum Gasteiger partial charge on any atom is -0.316 e. The van der Waals surface area contributed by atoms with Gasteiger partial charge in [-0.3, -0.25) is 0 Å². The van der Waals surface area contributed by atoms with Gasteiger partial charge in [-0.15, -0.1) is 0 Å². The maximum atomic E-state index is 3.81. The summed E-state index contributed by atoms with van der Waals surface area (Å²) in [5, 5.41) is 6.67. The van der Waals surface area contributed by atoms with E-state index in [4.69, 9.17) is 0 Å². The van der Waals surface area contributed by atoms with Crippen LogP contribution in [-0.4, -0.2) is 26.2 Å². The van der Waals surface area contributed by atoms with Crippen molar-refractivity contribution in [2.24, 2.45) is 0 Å². The number of unbranched alkanes of at least 4 members (excludes halogenated alkanes) is 3. The van der Waals surface area contributed by atoms with Crippen LogP contribution >= 0.6 is 0 Å². The molecule has 0 aromatic carbocycles. The Kier molecular flexibility index (Phi) is 10.8. The van der Waals surface area contributed by atoms with Crippen LogP contribution in [0.15, 0.2) is 0 Å². The lowest BCUT2D eigenvalue weighted by Gasteiger charge is -2.04. The Morgan fingerprint density at radius 1 is 0.917 bits per heavy atom. The minimum absolute atomic E-state index is 1.07. The van der Waals surface area contributed by atoms with Gasteiger partial charge < -0.3 is 10.6 Å². The van der Waals surface area contributed by atoms with Crippen molar-refractivity contribution < 1.29 is 0 Å². The van der Waals surface area contributed by atoms with E-state index in [2.05, 4.69) is 24.5 Å². The van der Waals surface area contributed by atoms with Crippen molar-refractivity contribution in [3.05, 3.63) is 6.92 Å². The molecule has 2 nitrogen and oxygen atoms in total. The highest BCUT2D eigenvalue weighted by Crippen LogP contribution is 1.96. The van der Waals surface area contributed by atoms with Gasteiger partial charge >= 0.3 is 0 Å². The van der Waals surface area contributed by atoms with E-state index in [0.29, 0.717) is 0 Å². The van der Waals surface area contributed by atoms with Crippen molar-refractivity contribution in [3.8, 4) is 0 Å². The van der Waals surface area contributed by atoms with Gasteiger partial charge in [-0.25, -0.2) is 0 Å². The third kappa shape index (κ3) is 9.92. The molecule has 2 heteroatoms. The fraction of sp³-hybridized carbons (Fsp3) is 0.900. The van der Waals surface area contributed by atoms with E-state index < -0.39 is 0 Å². The number of hydrogen-bond donors (Lipinski definition) is 2. The molecule has 0 saturated carbocycles. The molecule has 0 aliphatic heterocycles. The largest absolute Gasteiger partial charge is 0.316 e. The zero-order chi connectivity index (χ0) is 9.07. The molecule has 0 saturated heterocycles. The molecule has 0 amide bonds. The summed E-state index contributed by atoms with van der Waals surface area (Å²) in [6.45, 7) is 10.4. The van der Waals surface area contributed by atoms with E-state index in [0.717, 1.165) is 32.6 Å². The highest BCUT2D eigenvalue weighted by Gasteiger charge is 1.87. The van der Waals surface area contributed by atoms with Crippen LogP contribution in [0.4, 0.5) is 0 Å². The molecule has 0 aliphatic carbocycles. The maximum absolute atomic E-state index is 3.81. The zero-order valence-electron chi connectivity index (χ0n) is 8.36. The van der Waals surface area contributed by atoms with E-state index in [1.165, 1.54) is 19.3 Å². The van der Waals surface area contributed by atoms with Crippen LogP contribution in [0.3, 0.4) is 0 Å². The molecule has 0 aromatic rings. The summed E-state index contributed by atoms with van der Waals surface area (Å²) in [5.41, 5.74) is 0. The first-order chi connectivity index (χ1) is 5.91. The maximum Gasteiger partial charge on any atom is 0.00767 e. The van der Waals surface area contributed by atoms with Gasteiger partial charge in [-0.2, -0.15) is 0 Å². The fourth-order valence-corrected chi connectivity index (χ4v) is 1.08. The smallest absolute Gasteiger partial charge is 0.00767 e. The van der Waals surface area contributed by atoms with Gasteiger partial charge in [0.15, 0.2) is 0 Å². The van der Waals surface area contributed by atoms with Crippen molar-refractivity contribution >= 4 is 0 Å². The van der Waals surface area contributed by atoms with E-state index in [9.17, 15) is 0 Å². The first-order valence-electron chi connectivity index (χ1n) is 5.12. The zero-order valence-corrected chi connectivity index (χ0v) is 8.36. The molecule has 0 fully saturated rings. The summed E-state index contributed by atoms with van der Waals surface area (Å²) in [5.74, 6) is 0. The Morgan fingerprint density at radius 3 is 2.33 bits per heavy atom. The normalized spacial score (nSPS) is 10.5. The fourth-order valence-electron chi connectivity index (χ4n) is 1.08. The molecule has 0 aliphatic rings. The second-order valence-corrected chi connectivity index (χ2v) is 3.02. The number of rotatable bonds is 9. The molecule has 0 atom stereocenters. The van der Waals surface area contributed by atoms with Crippen LogP contribution in [0, 0.1) is 6.92 Å². The second-order valence-electron chi connectivity index (χ2n) is 3.02. The van der Waals surface area contributed by atoms with Gasteiger partial charge in [0.2, 0.25) is 0 Å². The average molecular weight is 171 g/mol. The van der Waals surface area contributed by atoms with Crippen LogP contribution in [0.2, 0.25) is 0 Å². The Hall–Kier alpha value is -0.0800. The summed E-state index contributed by atoms with van der Waals surface area (Å²) in [6.07, 6.45) is 4.96. The topological polar surface area (TPSA) is 24.1 Å². The Labute approximate surface area is 77.1 Å². The van der Waals surface area contributed by atoms with Crippen molar-refractivity contribution in [3.63, 3.8) is 0 Å². The van der Waals surface area contributed by atoms with Crippen molar-refractivity contribution in [1.29, 1.82) is 0 Å². The van der Waals surface area contributed by atoms with Gasteiger partial charge in [0, 0.05) is 13.1 Å². The molecule has 0 heterocycles. The van der Waals surface area contributed by atoms with Crippen molar-refractivity contribution in [2.45, 2.75) is 32.6 Å². The van der Waals surface area contributed by atoms with Crippen molar-refractivity contribution in [2.75, 3.05) is 26.2 Å². The summed E-state index contributed by atoms with van der Waals surface area (Å²) >= 11 is 0. The Bertz CT molecular complexity index is 64.2. The molecule has 2 N–H and O–H groups in total. The van der Waals surface area contributed by atoms with E-state index in [-0.39, 0.29) is 0 Å². The van der Waals surface area contributed by atoms with Crippen LogP contribution in [0.1, 0.15) is 32.6 Å². The first-order valence-corrected chi connectivity index (χ1v) is 5.12. The highest BCUT2D eigenvalue weighted by molar-refractivity contribution is 4.51.